The monoisotopic (exact) mass is 657 g/mol. The van der Waals surface area contributed by atoms with Gasteiger partial charge in [-0.15, -0.1) is 0 Å². The molecule has 0 atom stereocenters. The zero-order valence-corrected chi connectivity index (χ0v) is 26.6. The summed E-state index contributed by atoms with van der Waals surface area (Å²) in [4.78, 5) is 47.9. The fraction of sp³-hybridized carbons (Fsp3) is 0.152. The normalized spacial score (nSPS) is 11.1. The van der Waals surface area contributed by atoms with E-state index in [-0.39, 0.29) is 23.9 Å². The number of benzene rings is 2. The van der Waals surface area contributed by atoms with E-state index >= 15 is 0 Å². The van der Waals surface area contributed by atoms with Crippen LogP contribution in [-0.4, -0.2) is 51.1 Å². The van der Waals surface area contributed by atoms with Crippen LogP contribution in [0.2, 0.25) is 10.0 Å². The van der Waals surface area contributed by atoms with Gasteiger partial charge in [0, 0.05) is 54.1 Å². The number of ether oxygens (including phenoxy) is 1. The fourth-order valence-corrected chi connectivity index (χ4v) is 5.03. The van der Waals surface area contributed by atoms with Gasteiger partial charge >= 0.3 is 0 Å². The van der Waals surface area contributed by atoms with Gasteiger partial charge < -0.3 is 20.3 Å². The van der Waals surface area contributed by atoms with E-state index in [4.69, 9.17) is 27.9 Å². The number of anilines is 2. The first-order valence-electron chi connectivity index (χ1n) is 14.0. The van der Waals surface area contributed by atoms with Gasteiger partial charge in [-0.25, -0.2) is 4.98 Å². The standard InChI is InChI=1S/C33H29Cl2N7O4/c1-20-7-10-22-5-4-6-27(32(22)39-20)46-19-23-24(34)11-13-26(31(23)35)41(2)30(44)18-37-29(43)14-9-21-8-12-25(36-17-21)33(45)40-28-15-16-38-42(28)3/h4-17H,18-19H2,1-3H3,(H,37,43)(H,40,45). The summed E-state index contributed by atoms with van der Waals surface area (Å²) in [6.07, 6.45) is 5.82. The van der Waals surface area contributed by atoms with Gasteiger partial charge in [0.2, 0.25) is 11.8 Å². The Balaban J connectivity index is 1.16. The van der Waals surface area contributed by atoms with Crippen molar-refractivity contribution in [3.8, 4) is 5.75 Å². The highest BCUT2D eigenvalue weighted by Gasteiger charge is 2.19. The van der Waals surface area contributed by atoms with Crippen molar-refractivity contribution in [2.75, 3.05) is 23.8 Å². The molecule has 3 aromatic heterocycles. The Kier molecular flexibility index (Phi) is 9.94. The molecule has 0 fully saturated rings. The Hall–Kier alpha value is -5.26. The van der Waals surface area contributed by atoms with Gasteiger partial charge in [0.25, 0.3) is 5.91 Å². The van der Waals surface area contributed by atoms with Crippen molar-refractivity contribution in [1.29, 1.82) is 0 Å². The van der Waals surface area contributed by atoms with E-state index in [1.807, 2.05) is 37.3 Å². The van der Waals surface area contributed by atoms with Gasteiger partial charge in [-0.1, -0.05) is 47.5 Å². The fourth-order valence-electron chi connectivity index (χ4n) is 4.42. The molecule has 0 unspecified atom stereocenters. The minimum atomic E-state index is -0.491. The van der Waals surface area contributed by atoms with E-state index in [0.717, 1.165) is 16.6 Å². The number of hydrogen-bond donors (Lipinski definition) is 2. The molecule has 0 bridgehead atoms. The van der Waals surface area contributed by atoms with Gasteiger partial charge in [0.15, 0.2) is 0 Å². The first-order valence-corrected chi connectivity index (χ1v) is 14.8. The van der Waals surface area contributed by atoms with Crippen LogP contribution in [0.15, 0.2) is 79.1 Å². The second kappa shape index (κ2) is 14.2. The molecule has 2 aromatic carbocycles. The molecule has 0 aliphatic heterocycles. The second-order valence-electron chi connectivity index (χ2n) is 10.2. The number of aryl methyl sites for hydroxylation is 2. The van der Waals surface area contributed by atoms with E-state index in [1.54, 1.807) is 44.6 Å². The van der Waals surface area contributed by atoms with Gasteiger partial charge in [-0.3, -0.25) is 24.0 Å². The smallest absolute Gasteiger partial charge is 0.275 e. The first-order chi connectivity index (χ1) is 22.1. The number of fused-ring (bicyclic) bond motifs is 1. The SMILES string of the molecule is Cc1ccc2cccc(OCc3c(Cl)ccc(N(C)C(=O)CNC(=O)C=Cc4ccc(C(=O)Nc5ccnn5C)nc4)c3Cl)c2n1. The van der Waals surface area contributed by atoms with Gasteiger partial charge in [-0.2, -0.15) is 5.10 Å². The molecule has 5 aromatic rings. The lowest BCUT2D eigenvalue weighted by molar-refractivity contribution is -0.122. The summed E-state index contributed by atoms with van der Waals surface area (Å²) in [6.45, 7) is 1.68. The summed E-state index contributed by atoms with van der Waals surface area (Å²) >= 11 is 13.2. The molecular formula is C33H29Cl2N7O4. The summed E-state index contributed by atoms with van der Waals surface area (Å²) in [6, 6.07) is 17.7. The van der Waals surface area contributed by atoms with E-state index < -0.39 is 17.7 Å². The molecule has 0 radical (unpaired) electrons. The van der Waals surface area contributed by atoms with Crippen molar-refractivity contribution in [1.82, 2.24) is 25.1 Å². The van der Waals surface area contributed by atoms with E-state index in [1.165, 1.54) is 34.0 Å². The largest absolute Gasteiger partial charge is 0.487 e. The number of carbonyl (C=O) groups excluding carboxylic acids is 3. The van der Waals surface area contributed by atoms with Crippen LogP contribution < -0.4 is 20.3 Å². The Morgan fingerprint density at radius 3 is 2.61 bits per heavy atom. The summed E-state index contributed by atoms with van der Waals surface area (Å²) < 4.78 is 7.60. The van der Waals surface area contributed by atoms with Crippen LogP contribution in [0.3, 0.4) is 0 Å². The van der Waals surface area contributed by atoms with Gasteiger partial charge in [-0.05, 0) is 48.9 Å². The van der Waals surface area contributed by atoms with Gasteiger partial charge in [0.05, 0.1) is 23.5 Å². The predicted octanol–water partition coefficient (Wildman–Crippen LogP) is 5.60. The zero-order chi connectivity index (χ0) is 32.8. The number of para-hydroxylation sites is 1. The van der Waals surface area contributed by atoms with E-state index in [0.29, 0.717) is 33.4 Å². The van der Waals surface area contributed by atoms with Crippen LogP contribution in [0.1, 0.15) is 27.3 Å². The number of halogens is 2. The van der Waals surface area contributed by atoms with Crippen molar-refractivity contribution < 1.29 is 19.1 Å². The average Bonchev–Trinajstić information content (AvgIpc) is 3.46. The topological polar surface area (TPSA) is 131 Å². The predicted molar refractivity (Wildman–Crippen MR) is 178 cm³/mol. The Bertz CT molecular complexity index is 1960. The molecule has 234 valence electrons. The van der Waals surface area contributed by atoms with Crippen LogP contribution >= 0.6 is 23.2 Å². The Morgan fingerprint density at radius 2 is 1.87 bits per heavy atom. The molecule has 0 aliphatic rings. The Morgan fingerprint density at radius 1 is 1.04 bits per heavy atom. The number of nitrogens with zero attached hydrogens (tertiary/aromatic N) is 5. The number of rotatable bonds is 10. The number of likely N-dealkylation sites (N-methyl/N-ethyl adjacent to an activating group) is 1. The Labute approximate surface area is 274 Å². The van der Waals surface area contributed by atoms with Gasteiger partial charge in [0.1, 0.15) is 29.4 Å². The second-order valence-corrected chi connectivity index (χ2v) is 11.0. The number of pyridine rings is 2. The summed E-state index contributed by atoms with van der Waals surface area (Å²) in [5.41, 5.74) is 3.29. The van der Waals surface area contributed by atoms with Crippen molar-refractivity contribution in [2.45, 2.75) is 13.5 Å². The molecule has 0 saturated carbocycles. The van der Waals surface area contributed by atoms with Crippen molar-refractivity contribution in [3.05, 3.63) is 112 Å². The highest BCUT2D eigenvalue weighted by molar-refractivity contribution is 6.38. The highest BCUT2D eigenvalue weighted by Crippen LogP contribution is 2.35. The third kappa shape index (κ3) is 7.51. The molecule has 0 saturated heterocycles. The molecule has 0 spiro atoms. The average molecular weight is 659 g/mol. The van der Waals surface area contributed by atoms with E-state index in [9.17, 15) is 14.4 Å². The van der Waals surface area contributed by atoms with Crippen LogP contribution in [0.5, 0.6) is 5.75 Å². The molecule has 3 amide bonds. The van der Waals surface area contributed by atoms with Crippen LogP contribution in [0.4, 0.5) is 11.5 Å². The maximum atomic E-state index is 13.0. The lowest BCUT2D eigenvalue weighted by Gasteiger charge is -2.21. The zero-order valence-electron chi connectivity index (χ0n) is 25.1. The molecule has 5 rings (SSSR count). The first kappa shape index (κ1) is 32.1. The van der Waals surface area contributed by atoms with Crippen molar-refractivity contribution >= 4 is 69.4 Å². The van der Waals surface area contributed by atoms with Crippen molar-refractivity contribution in [2.24, 2.45) is 7.05 Å². The molecule has 2 N–H and O–H groups in total. The number of hydrogen-bond acceptors (Lipinski definition) is 7. The summed E-state index contributed by atoms with van der Waals surface area (Å²) in [5.74, 6) is -0.175. The number of carbonyl (C=O) groups is 3. The molecule has 46 heavy (non-hydrogen) atoms. The third-order valence-electron chi connectivity index (χ3n) is 7.02. The summed E-state index contributed by atoms with van der Waals surface area (Å²) in [7, 11) is 3.26. The number of amides is 3. The lowest BCUT2D eigenvalue weighted by atomic mass is 10.1. The molecular weight excluding hydrogens is 629 g/mol. The molecule has 11 nitrogen and oxygen atoms in total. The minimum Gasteiger partial charge on any atom is -0.487 e. The quantitative estimate of drug-likeness (QED) is 0.187. The lowest BCUT2D eigenvalue weighted by Crippen LogP contribution is -2.37. The number of aromatic nitrogens is 4. The molecule has 13 heteroatoms. The highest BCUT2D eigenvalue weighted by atomic mass is 35.5. The molecule has 0 aliphatic carbocycles. The van der Waals surface area contributed by atoms with Crippen LogP contribution in [0, 0.1) is 6.92 Å². The van der Waals surface area contributed by atoms with Crippen LogP contribution in [0.25, 0.3) is 17.0 Å². The third-order valence-corrected chi connectivity index (χ3v) is 7.79. The van der Waals surface area contributed by atoms with E-state index in [2.05, 4.69) is 25.7 Å². The maximum Gasteiger partial charge on any atom is 0.275 e. The maximum absolute atomic E-state index is 13.0. The number of nitrogens with one attached hydrogen (secondary N) is 2. The van der Waals surface area contributed by atoms with Crippen LogP contribution in [-0.2, 0) is 23.2 Å². The summed E-state index contributed by atoms with van der Waals surface area (Å²) in [5, 5.41) is 10.9. The molecule has 3 heterocycles. The van der Waals surface area contributed by atoms with Crippen molar-refractivity contribution in [3.63, 3.8) is 0 Å². The minimum absolute atomic E-state index is 0.0503.